The fourth-order valence-corrected chi connectivity index (χ4v) is 3.19. The second-order valence-corrected chi connectivity index (χ2v) is 6.23. The maximum absolute atomic E-state index is 11.2. The van der Waals surface area contributed by atoms with Gasteiger partial charge in [-0.25, -0.2) is 0 Å². The van der Waals surface area contributed by atoms with Crippen molar-refractivity contribution in [2.45, 2.75) is 0 Å². The van der Waals surface area contributed by atoms with Crippen molar-refractivity contribution in [3.8, 4) is 33.4 Å². The molecule has 0 atom stereocenters. The van der Waals surface area contributed by atoms with Gasteiger partial charge in [0.2, 0.25) is 0 Å². The topological polar surface area (TPSA) is 17.1 Å². The van der Waals surface area contributed by atoms with E-state index in [1.165, 1.54) is 16.7 Å². The lowest BCUT2D eigenvalue weighted by molar-refractivity contribution is 0.112. The van der Waals surface area contributed by atoms with E-state index in [4.69, 9.17) is 0 Å². The van der Waals surface area contributed by atoms with Crippen molar-refractivity contribution in [3.05, 3.63) is 109 Å². The molecule has 4 rings (SSSR count). The van der Waals surface area contributed by atoms with Crippen LogP contribution in [0.1, 0.15) is 10.4 Å². The van der Waals surface area contributed by atoms with Gasteiger partial charge in [-0.2, -0.15) is 0 Å². The molecule has 0 aliphatic rings. The predicted molar refractivity (Wildman–Crippen MR) is 108 cm³/mol. The van der Waals surface area contributed by atoms with Gasteiger partial charge in [-0.05, 0) is 33.4 Å². The number of hydrogen-bond acceptors (Lipinski definition) is 1. The summed E-state index contributed by atoms with van der Waals surface area (Å²) in [7, 11) is 0. The molecule has 0 aliphatic carbocycles. The average molecular weight is 334 g/mol. The van der Waals surface area contributed by atoms with Gasteiger partial charge in [-0.15, -0.1) is 0 Å². The van der Waals surface area contributed by atoms with Crippen LogP contribution in [0.5, 0.6) is 0 Å². The van der Waals surface area contributed by atoms with Crippen molar-refractivity contribution in [1.82, 2.24) is 0 Å². The van der Waals surface area contributed by atoms with E-state index >= 15 is 0 Å². The van der Waals surface area contributed by atoms with E-state index in [0.29, 0.717) is 5.56 Å². The summed E-state index contributed by atoms with van der Waals surface area (Å²) in [5.74, 6) is 0. The third-order valence-electron chi connectivity index (χ3n) is 4.61. The molecule has 0 fully saturated rings. The first-order chi connectivity index (χ1) is 12.8. The minimum Gasteiger partial charge on any atom is -0.298 e. The molecular weight excluding hydrogens is 316 g/mol. The highest BCUT2D eigenvalue weighted by atomic mass is 16.1. The zero-order chi connectivity index (χ0) is 17.8. The molecule has 0 saturated heterocycles. The van der Waals surface area contributed by atoms with Crippen LogP contribution in [0.15, 0.2) is 103 Å². The molecule has 0 unspecified atom stereocenters. The first-order valence-electron chi connectivity index (χ1n) is 8.66. The Kier molecular flexibility index (Phi) is 4.44. The zero-order valence-corrected chi connectivity index (χ0v) is 14.3. The van der Waals surface area contributed by atoms with Gasteiger partial charge in [0.15, 0.2) is 6.29 Å². The van der Waals surface area contributed by atoms with Crippen molar-refractivity contribution < 1.29 is 4.79 Å². The lowest BCUT2D eigenvalue weighted by Gasteiger charge is -2.08. The highest BCUT2D eigenvalue weighted by Crippen LogP contribution is 2.28. The van der Waals surface area contributed by atoms with Crippen LogP contribution < -0.4 is 0 Å². The van der Waals surface area contributed by atoms with Crippen molar-refractivity contribution in [1.29, 1.82) is 0 Å². The molecule has 0 spiro atoms. The van der Waals surface area contributed by atoms with Crippen LogP contribution in [-0.4, -0.2) is 6.29 Å². The van der Waals surface area contributed by atoms with Gasteiger partial charge in [-0.3, -0.25) is 4.79 Å². The summed E-state index contributed by atoms with van der Waals surface area (Å²) >= 11 is 0. The number of rotatable bonds is 4. The Balaban J connectivity index is 1.62. The van der Waals surface area contributed by atoms with Gasteiger partial charge in [0.25, 0.3) is 0 Å². The molecule has 0 aromatic heterocycles. The second kappa shape index (κ2) is 7.20. The largest absolute Gasteiger partial charge is 0.298 e. The number of carbonyl (C=O) groups is 1. The van der Waals surface area contributed by atoms with E-state index < -0.39 is 0 Å². The molecule has 124 valence electrons. The fourth-order valence-electron chi connectivity index (χ4n) is 3.19. The molecule has 0 bridgehead atoms. The van der Waals surface area contributed by atoms with E-state index in [9.17, 15) is 4.79 Å². The van der Waals surface area contributed by atoms with Crippen LogP contribution in [0.4, 0.5) is 0 Å². The van der Waals surface area contributed by atoms with E-state index in [1.807, 2.05) is 30.3 Å². The Morgan fingerprint density at radius 1 is 0.423 bits per heavy atom. The summed E-state index contributed by atoms with van der Waals surface area (Å²) in [5.41, 5.74) is 7.51. The van der Waals surface area contributed by atoms with E-state index in [2.05, 4.69) is 72.8 Å². The molecule has 0 N–H and O–H groups in total. The Hall–Kier alpha value is -3.45. The van der Waals surface area contributed by atoms with Crippen LogP contribution in [0.3, 0.4) is 0 Å². The highest BCUT2D eigenvalue weighted by Gasteiger charge is 2.05. The van der Waals surface area contributed by atoms with Crippen LogP contribution in [0.25, 0.3) is 33.4 Å². The van der Waals surface area contributed by atoms with E-state index in [-0.39, 0.29) is 0 Å². The molecule has 26 heavy (non-hydrogen) atoms. The maximum Gasteiger partial charge on any atom is 0.150 e. The molecule has 0 heterocycles. The van der Waals surface area contributed by atoms with E-state index in [0.717, 1.165) is 23.0 Å². The van der Waals surface area contributed by atoms with Crippen molar-refractivity contribution in [3.63, 3.8) is 0 Å². The highest BCUT2D eigenvalue weighted by molar-refractivity contribution is 5.88. The fraction of sp³-hybridized carbons (Fsp3) is 0. The molecule has 0 aliphatic heterocycles. The van der Waals surface area contributed by atoms with Crippen LogP contribution in [-0.2, 0) is 0 Å². The minimum absolute atomic E-state index is 0.715. The van der Waals surface area contributed by atoms with Gasteiger partial charge in [-0.1, -0.05) is 103 Å². The quantitative estimate of drug-likeness (QED) is 0.389. The minimum atomic E-state index is 0.715. The molecular formula is C25H18O. The van der Waals surface area contributed by atoms with Gasteiger partial charge >= 0.3 is 0 Å². The molecule has 0 amide bonds. The van der Waals surface area contributed by atoms with Gasteiger partial charge in [0.05, 0.1) is 0 Å². The second-order valence-electron chi connectivity index (χ2n) is 6.23. The SMILES string of the molecule is O=Cc1ccccc1-c1ccc(-c2ccc(-c3ccccc3)cc2)cc1. The normalized spacial score (nSPS) is 10.5. The monoisotopic (exact) mass is 334 g/mol. The molecule has 1 nitrogen and oxygen atoms in total. The number of aldehydes is 1. The van der Waals surface area contributed by atoms with E-state index in [1.54, 1.807) is 0 Å². The molecule has 0 saturated carbocycles. The number of carbonyl (C=O) groups excluding carboxylic acids is 1. The van der Waals surface area contributed by atoms with Crippen molar-refractivity contribution in [2.75, 3.05) is 0 Å². The summed E-state index contributed by atoms with van der Waals surface area (Å²) < 4.78 is 0. The number of benzene rings is 4. The van der Waals surface area contributed by atoms with Gasteiger partial charge in [0, 0.05) is 5.56 Å². The lowest BCUT2D eigenvalue weighted by atomic mass is 9.96. The van der Waals surface area contributed by atoms with Crippen molar-refractivity contribution in [2.24, 2.45) is 0 Å². The summed E-state index contributed by atoms with van der Waals surface area (Å²) in [6.45, 7) is 0. The van der Waals surface area contributed by atoms with Crippen LogP contribution >= 0.6 is 0 Å². The Morgan fingerprint density at radius 2 is 0.846 bits per heavy atom. The molecule has 1 heteroatoms. The lowest BCUT2D eigenvalue weighted by Crippen LogP contribution is -1.87. The van der Waals surface area contributed by atoms with Crippen molar-refractivity contribution >= 4 is 6.29 Å². The molecule has 0 radical (unpaired) electrons. The molecule has 4 aromatic carbocycles. The summed E-state index contributed by atoms with van der Waals surface area (Å²) in [6.07, 6.45) is 0.908. The Morgan fingerprint density at radius 3 is 1.38 bits per heavy atom. The number of hydrogen-bond donors (Lipinski definition) is 0. The predicted octanol–water partition coefficient (Wildman–Crippen LogP) is 6.50. The average Bonchev–Trinajstić information content (AvgIpc) is 2.74. The summed E-state index contributed by atoms with van der Waals surface area (Å²) in [4.78, 5) is 11.2. The van der Waals surface area contributed by atoms with Crippen LogP contribution in [0, 0.1) is 0 Å². The van der Waals surface area contributed by atoms with Gasteiger partial charge < -0.3 is 0 Å². The Labute approximate surface area is 153 Å². The first kappa shape index (κ1) is 16.0. The molecule has 4 aromatic rings. The maximum atomic E-state index is 11.2. The smallest absolute Gasteiger partial charge is 0.150 e. The zero-order valence-electron chi connectivity index (χ0n) is 14.3. The Bertz CT molecular complexity index is 1010. The van der Waals surface area contributed by atoms with Gasteiger partial charge in [0.1, 0.15) is 0 Å². The standard InChI is InChI=1S/C25H18O/c26-18-24-8-4-5-9-25(24)23-16-14-22(15-17-23)21-12-10-20(11-13-21)19-6-2-1-3-7-19/h1-18H. The summed E-state index contributed by atoms with van der Waals surface area (Å²) in [5, 5.41) is 0. The third kappa shape index (κ3) is 3.20. The van der Waals surface area contributed by atoms with Crippen LogP contribution in [0.2, 0.25) is 0 Å². The summed E-state index contributed by atoms with van der Waals surface area (Å²) in [6, 6.07) is 35.0. The first-order valence-corrected chi connectivity index (χ1v) is 8.66. The third-order valence-corrected chi connectivity index (χ3v) is 4.61.